The van der Waals surface area contributed by atoms with Crippen LogP contribution in [0.2, 0.25) is 0 Å². The van der Waals surface area contributed by atoms with E-state index in [1.807, 2.05) is 19.1 Å². The molecule has 0 aliphatic carbocycles. The quantitative estimate of drug-likeness (QED) is 0.431. The minimum absolute atomic E-state index is 0.0530. The molecule has 4 aromatic rings. The summed E-state index contributed by atoms with van der Waals surface area (Å²) in [5.41, 5.74) is 3.47. The monoisotopic (exact) mass is 399 g/mol. The van der Waals surface area contributed by atoms with Gasteiger partial charge in [0.05, 0.1) is 11.5 Å². The first-order chi connectivity index (χ1) is 13.1. The summed E-state index contributed by atoms with van der Waals surface area (Å²) in [6, 6.07) is 9.73. The third-order valence-electron chi connectivity index (χ3n) is 4.06. The molecular formula is C18H17N5O2S2. The SMILES string of the molecule is Cc1cccc(Nc2nnc(SC(C)c3nc(-c4ccco4)no3)s2)c1C. The maximum absolute atomic E-state index is 5.35. The Balaban J connectivity index is 1.44. The second-order valence-corrected chi connectivity index (χ2v) is 8.50. The van der Waals surface area contributed by atoms with Gasteiger partial charge in [0, 0.05) is 5.69 Å². The third-order valence-corrected chi connectivity index (χ3v) is 6.07. The van der Waals surface area contributed by atoms with Crippen LogP contribution in [0.4, 0.5) is 10.8 Å². The standard InChI is InChI=1S/C18H17N5O2S2/c1-10-6-4-7-13(11(10)2)19-17-21-22-18(27-17)26-12(3)16-20-15(23-25-16)14-8-5-9-24-14/h4-9,12H,1-3H3,(H,19,21). The van der Waals surface area contributed by atoms with Crippen molar-refractivity contribution in [2.75, 3.05) is 5.32 Å². The van der Waals surface area contributed by atoms with Crippen LogP contribution in [0.3, 0.4) is 0 Å². The zero-order valence-corrected chi connectivity index (χ0v) is 16.6. The molecule has 0 bridgehead atoms. The van der Waals surface area contributed by atoms with Crippen LogP contribution < -0.4 is 5.32 Å². The second kappa shape index (κ2) is 7.53. The first-order valence-corrected chi connectivity index (χ1v) is 10.0. The molecule has 1 N–H and O–H groups in total. The number of hydrogen-bond acceptors (Lipinski definition) is 9. The summed E-state index contributed by atoms with van der Waals surface area (Å²) in [6.45, 7) is 6.16. The van der Waals surface area contributed by atoms with Crippen LogP contribution in [0.1, 0.15) is 29.2 Å². The summed E-state index contributed by atoms with van der Waals surface area (Å²) >= 11 is 3.02. The Morgan fingerprint density at radius 2 is 2.04 bits per heavy atom. The normalized spacial score (nSPS) is 12.3. The maximum Gasteiger partial charge on any atom is 0.240 e. The first kappa shape index (κ1) is 17.7. The minimum atomic E-state index is -0.0530. The van der Waals surface area contributed by atoms with Crippen LogP contribution in [0.25, 0.3) is 11.6 Å². The van der Waals surface area contributed by atoms with Gasteiger partial charge in [0.2, 0.25) is 16.8 Å². The van der Waals surface area contributed by atoms with Crippen molar-refractivity contribution in [3.63, 3.8) is 0 Å². The topological polar surface area (TPSA) is 89.9 Å². The molecule has 7 nitrogen and oxygen atoms in total. The lowest BCUT2D eigenvalue weighted by Crippen LogP contribution is -1.94. The Morgan fingerprint density at radius 3 is 2.85 bits per heavy atom. The molecule has 138 valence electrons. The Morgan fingerprint density at radius 1 is 1.15 bits per heavy atom. The predicted octanol–water partition coefficient (Wildman–Crippen LogP) is 5.39. The Kier molecular flexibility index (Phi) is 4.95. The number of thioether (sulfide) groups is 1. The number of nitrogens with zero attached hydrogens (tertiary/aromatic N) is 4. The van der Waals surface area contributed by atoms with Crippen LogP contribution in [-0.2, 0) is 0 Å². The maximum atomic E-state index is 5.35. The van der Waals surface area contributed by atoms with Crippen LogP contribution in [0.5, 0.6) is 0 Å². The summed E-state index contributed by atoms with van der Waals surface area (Å²) < 4.78 is 11.5. The minimum Gasteiger partial charge on any atom is -0.461 e. The van der Waals surface area contributed by atoms with Crippen LogP contribution in [-0.4, -0.2) is 20.3 Å². The molecular weight excluding hydrogens is 382 g/mol. The van der Waals surface area contributed by atoms with E-state index in [4.69, 9.17) is 8.94 Å². The van der Waals surface area contributed by atoms with Gasteiger partial charge in [0.1, 0.15) is 0 Å². The fraction of sp³-hybridized carbons (Fsp3) is 0.222. The second-order valence-electron chi connectivity index (χ2n) is 5.94. The van der Waals surface area contributed by atoms with Crippen molar-refractivity contribution < 1.29 is 8.94 Å². The van der Waals surface area contributed by atoms with Gasteiger partial charge in [-0.1, -0.05) is 40.4 Å². The van der Waals surface area contributed by atoms with E-state index in [2.05, 4.69) is 45.6 Å². The van der Waals surface area contributed by atoms with Gasteiger partial charge >= 0.3 is 0 Å². The van der Waals surface area contributed by atoms with E-state index in [-0.39, 0.29) is 5.25 Å². The van der Waals surface area contributed by atoms with Crippen molar-refractivity contribution in [3.8, 4) is 11.6 Å². The number of aromatic nitrogens is 4. The summed E-state index contributed by atoms with van der Waals surface area (Å²) in [5, 5.41) is 16.5. The third kappa shape index (κ3) is 3.88. The first-order valence-electron chi connectivity index (χ1n) is 8.31. The van der Waals surface area contributed by atoms with E-state index in [0.717, 1.165) is 15.2 Å². The summed E-state index contributed by atoms with van der Waals surface area (Å²) in [7, 11) is 0. The molecule has 0 aliphatic rings. The molecule has 3 heterocycles. The molecule has 9 heteroatoms. The lowest BCUT2D eigenvalue weighted by Gasteiger charge is -2.08. The molecule has 4 rings (SSSR count). The summed E-state index contributed by atoms with van der Waals surface area (Å²) in [6.07, 6.45) is 1.58. The molecule has 0 fully saturated rings. The Labute approximate surface area is 164 Å². The molecule has 0 aliphatic heterocycles. The molecule has 27 heavy (non-hydrogen) atoms. The molecule has 3 aromatic heterocycles. The van der Waals surface area contributed by atoms with E-state index in [9.17, 15) is 0 Å². The number of hydrogen-bond donors (Lipinski definition) is 1. The van der Waals surface area contributed by atoms with Crippen molar-refractivity contribution >= 4 is 33.9 Å². The van der Waals surface area contributed by atoms with E-state index < -0.39 is 0 Å². The fourth-order valence-electron chi connectivity index (χ4n) is 2.42. The largest absolute Gasteiger partial charge is 0.461 e. The lowest BCUT2D eigenvalue weighted by atomic mass is 10.1. The zero-order valence-electron chi connectivity index (χ0n) is 15.0. The highest BCUT2D eigenvalue weighted by Crippen LogP contribution is 2.38. The van der Waals surface area contributed by atoms with Crippen molar-refractivity contribution in [3.05, 3.63) is 53.6 Å². The Bertz CT molecular complexity index is 1040. The van der Waals surface area contributed by atoms with Crippen LogP contribution in [0.15, 0.2) is 49.9 Å². The molecule has 1 aromatic carbocycles. The average molecular weight is 400 g/mol. The summed E-state index contributed by atoms with van der Waals surface area (Å²) in [5.74, 6) is 1.54. The molecule has 0 amide bonds. The highest BCUT2D eigenvalue weighted by molar-refractivity contribution is 8.01. The van der Waals surface area contributed by atoms with Gasteiger partial charge in [0.15, 0.2) is 10.1 Å². The number of aryl methyl sites for hydroxylation is 1. The molecule has 0 saturated carbocycles. The lowest BCUT2D eigenvalue weighted by molar-refractivity contribution is 0.379. The van der Waals surface area contributed by atoms with E-state index in [0.29, 0.717) is 17.5 Å². The fourth-order valence-corrected chi connectivity index (χ4v) is 4.36. The van der Waals surface area contributed by atoms with Gasteiger partial charge in [-0.05, 0) is 50.1 Å². The molecule has 0 saturated heterocycles. The smallest absolute Gasteiger partial charge is 0.240 e. The van der Waals surface area contributed by atoms with E-state index in [1.165, 1.54) is 34.2 Å². The number of rotatable bonds is 6. The van der Waals surface area contributed by atoms with Crippen molar-refractivity contribution in [1.82, 2.24) is 20.3 Å². The molecule has 0 radical (unpaired) electrons. The van der Waals surface area contributed by atoms with Gasteiger partial charge < -0.3 is 14.3 Å². The van der Waals surface area contributed by atoms with Crippen molar-refractivity contribution in [2.24, 2.45) is 0 Å². The van der Waals surface area contributed by atoms with Crippen molar-refractivity contribution in [1.29, 1.82) is 0 Å². The number of benzene rings is 1. The number of anilines is 2. The van der Waals surface area contributed by atoms with Gasteiger partial charge in [-0.25, -0.2) is 0 Å². The molecule has 1 atom stereocenters. The summed E-state index contributed by atoms with van der Waals surface area (Å²) in [4.78, 5) is 4.39. The highest BCUT2D eigenvalue weighted by Gasteiger charge is 2.19. The average Bonchev–Trinajstić information content (AvgIpc) is 3.39. The highest BCUT2D eigenvalue weighted by atomic mass is 32.2. The van der Waals surface area contributed by atoms with E-state index >= 15 is 0 Å². The van der Waals surface area contributed by atoms with Crippen LogP contribution in [0, 0.1) is 13.8 Å². The zero-order chi connectivity index (χ0) is 18.8. The Hall–Kier alpha value is -2.65. The van der Waals surface area contributed by atoms with Gasteiger partial charge in [-0.15, -0.1) is 10.2 Å². The van der Waals surface area contributed by atoms with Gasteiger partial charge in [-0.2, -0.15) is 4.98 Å². The molecule has 0 spiro atoms. The van der Waals surface area contributed by atoms with Gasteiger partial charge in [0.25, 0.3) is 0 Å². The predicted molar refractivity (Wildman–Crippen MR) is 105 cm³/mol. The molecule has 1 unspecified atom stereocenters. The number of furan rings is 1. The van der Waals surface area contributed by atoms with Crippen molar-refractivity contribution in [2.45, 2.75) is 30.4 Å². The van der Waals surface area contributed by atoms with E-state index in [1.54, 1.807) is 18.4 Å². The number of nitrogens with one attached hydrogen (secondary N) is 1. The van der Waals surface area contributed by atoms with Crippen LogP contribution >= 0.6 is 23.1 Å². The van der Waals surface area contributed by atoms with Gasteiger partial charge in [-0.3, -0.25) is 0 Å².